The number of benzene rings is 2. The average molecular weight is 321 g/mol. The van der Waals surface area contributed by atoms with Gasteiger partial charge in [0.25, 0.3) is 0 Å². The Hall–Kier alpha value is -1.97. The molecular weight excluding hydrogens is 306 g/mol. The zero-order valence-corrected chi connectivity index (χ0v) is 13.6. The molecule has 1 unspecified atom stereocenters. The molecule has 1 atom stereocenters. The van der Waals surface area contributed by atoms with E-state index in [-0.39, 0.29) is 6.04 Å². The van der Waals surface area contributed by atoms with Gasteiger partial charge in [-0.3, -0.25) is 4.31 Å². The number of fused-ring (bicyclic) bond motifs is 1. The van der Waals surface area contributed by atoms with Crippen LogP contribution in [0.2, 0.25) is 0 Å². The summed E-state index contributed by atoms with van der Waals surface area (Å²) in [6, 6.07) is 23.8. The van der Waals surface area contributed by atoms with Gasteiger partial charge in [0.05, 0.1) is 6.04 Å². The van der Waals surface area contributed by atoms with Crippen LogP contribution in [-0.4, -0.2) is 0 Å². The van der Waals surface area contributed by atoms with Gasteiger partial charge >= 0.3 is 0 Å². The molecule has 1 aliphatic heterocycles. The molecule has 2 aromatic carbocycles. The van der Waals surface area contributed by atoms with E-state index in [1.54, 1.807) is 11.3 Å². The average Bonchev–Trinajstić information content (AvgIpc) is 3.03. The molecule has 0 amide bonds. The Morgan fingerprint density at radius 1 is 0.818 bits per heavy atom. The summed E-state index contributed by atoms with van der Waals surface area (Å²) in [6.45, 7) is 0. The number of anilines is 1. The van der Waals surface area contributed by atoms with Gasteiger partial charge in [-0.15, -0.1) is 11.3 Å². The van der Waals surface area contributed by atoms with Gasteiger partial charge in [0, 0.05) is 4.90 Å². The molecule has 3 heteroatoms. The van der Waals surface area contributed by atoms with Crippen LogP contribution < -0.4 is 4.31 Å². The van der Waals surface area contributed by atoms with Crippen LogP contribution in [0.15, 0.2) is 83.1 Å². The lowest BCUT2D eigenvalue weighted by molar-refractivity contribution is 0.924. The Morgan fingerprint density at radius 2 is 1.64 bits per heavy atom. The highest BCUT2D eigenvalue weighted by Gasteiger charge is 2.23. The fourth-order valence-corrected chi connectivity index (χ4v) is 4.57. The third-order valence-electron chi connectivity index (χ3n) is 3.69. The van der Waals surface area contributed by atoms with E-state index in [4.69, 9.17) is 0 Å². The first kappa shape index (κ1) is 13.7. The molecule has 0 spiro atoms. The SMILES string of the molecule is C1=CC(c2ccccc2)N(c2cccs2)Sc2ccccc21. The van der Waals surface area contributed by atoms with E-state index in [0.717, 1.165) is 0 Å². The molecule has 0 saturated heterocycles. The fourth-order valence-electron chi connectivity index (χ4n) is 2.61. The van der Waals surface area contributed by atoms with Gasteiger partial charge in [-0.2, -0.15) is 0 Å². The summed E-state index contributed by atoms with van der Waals surface area (Å²) in [5.74, 6) is 0. The molecule has 1 aromatic heterocycles. The van der Waals surface area contributed by atoms with Crippen molar-refractivity contribution in [2.45, 2.75) is 10.9 Å². The van der Waals surface area contributed by atoms with Crippen molar-refractivity contribution in [1.82, 2.24) is 0 Å². The standard InChI is InChI=1S/C19H15NS2/c1-2-7-15(8-3-1)17-13-12-16-9-4-5-10-18(16)22-20(17)19-11-6-14-21-19/h1-14,17H. The Kier molecular flexibility index (Phi) is 3.75. The molecule has 0 N–H and O–H groups in total. The lowest BCUT2D eigenvalue weighted by atomic mass is 10.1. The van der Waals surface area contributed by atoms with Crippen molar-refractivity contribution in [1.29, 1.82) is 0 Å². The molecule has 0 bridgehead atoms. The first-order chi connectivity index (χ1) is 10.9. The summed E-state index contributed by atoms with van der Waals surface area (Å²) in [7, 11) is 0. The van der Waals surface area contributed by atoms with Crippen molar-refractivity contribution < 1.29 is 0 Å². The lowest BCUT2D eigenvalue weighted by Gasteiger charge is -2.28. The molecule has 22 heavy (non-hydrogen) atoms. The molecule has 0 aliphatic carbocycles. The third-order valence-corrected chi connectivity index (χ3v) is 5.86. The van der Waals surface area contributed by atoms with E-state index in [9.17, 15) is 0 Å². The summed E-state index contributed by atoms with van der Waals surface area (Å²) >= 11 is 3.60. The summed E-state index contributed by atoms with van der Waals surface area (Å²) < 4.78 is 2.41. The lowest BCUT2D eigenvalue weighted by Crippen LogP contribution is -2.18. The summed E-state index contributed by atoms with van der Waals surface area (Å²) in [5, 5.41) is 3.42. The van der Waals surface area contributed by atoms with Crippen molar-refractivity contribution >= 4 is 34.4 Å². The minimum atomic E-state index is 0.234. The summed E-state index contributed by atoms with van der Waals surface area (Å²) in [5.41, 5.74) is 2.60. The van der Waals surface area contributed by atoms with Crippen molar-refractivity contribution in [3.63, 3.8) is 0 Å². The van der Waals surface area contributed by atoms with Crippen LogP contribution in [0.1, 0.15) is 17.2 Å². The topological polar surface area (TPSA) is 3.24 Å². The number of nitrogens with zero attached hydrogens (tertiary/aromatic N) is 1. The second-order valence-corrected chi connectivity index (χ2v) is 7.06. The van der Waals surface area contributed by atoms with Gasteiger partial charge < -0.3 is 0 Å². The zero-order chi connectivity index (χ0) is 14.8. The largest absolute Gasteiger partial charge is 0.292 e. The number of hydrogen-bond acceptors (Lipinski definition) is 3. The molecule has 108 valence electrons. The monoisotopic (exact) mass is 321 g/mol. The number of hydrogen-bond donors (Lipinski definition) is 0. The molecule has 0 fully saturated rings. The highest BCUT2D eigenvalue weighted by Crippen LogP contribution is 2.43. The second-order valence-electron chi connectivity index (χ2n) is 5.12. The van der Waals surface area contributed by atoms with Gasteiger partial charge in [0.2, 0.25) is 0 Å². The predicted octanol–water partition coefficient (Wildman–Crippen LogP) is 6.03. The Balaban J connectivity index is 1.82. The Labute approximate surface area is 139 Å². The molecule has 4 rings (SSSR count). The maximum absolute atomic E-state index is 2.41. The molecular formula is C19H15NS2. The maximum Gasteiger partial charge on any atom is 0.102 e. The van der Waals surface area contributed by atoms with E-state index in [1.807, 2.05) is 11.9 Å². The van der Waals surface area contributed by atoms with E-state index in [0.29, 0.717) is 0 Å². The molecule has 1 aliphatic rings. The number of rotatable bonds is 2. The Morgan fingerprint density at radius 3 is 2.45 bits per heavy atom. The highest BCUT2D eigenvalue weighted by atomic mass is 32.2. The molecule has 0 saturated carbocycles. The van der Waals surface area contributed by atoms with Gasteiger partial charge in [-0.05, 0) is 46.7 Å². The third kappa shape index (κ3) is 2.58. The normalized spacial score (nSPS) is 17.1. The summed E-state index contributed by atoms with van der Waals surface area (Å²) in [6.07, 6.45) is 4.54. The van der Waals surface area contributed by atoms with Crippen LogP contribution >= 0.6 is 23.3 Å². The maximum atomic E-state index is 2.41. The molecule has 3 aromatic rings. The highest BCUT2D eigenvalue weighted by molar-refractivity contribution is 8.01. The van der Waals surface area contributed by atoms with Gasteiger partial charge in [-0.1, -0.05) is 60.7 Å². The van der Waals surface area contributed by atoms with E-state index in [1.165, 1.54) is 21.0 Å². The minimum Gasteiger partial charge on any atom is -0.292 e. The van der Waals surface area contributed by atoms with Crippen molar-refractivity contribution in [3.05, 3.63) is 89.3 Å². The van der Waals surface area contributed by atoms with Crippen molar-refractivity contribution in [2.75, 3.05) is 4.31 Å². The van der Waals surface area contributed by atoms with Crippen LogP contribution in [0.25, 0.3) is 6.08 Å². The van der Waals surface area contributed by atoms with Crippen LogP contribution in [0.5, 0.6) is 0 Å². The zero-order valence-electron chi connectivity index (χ0n) is 11.9. The van der Waals surface area contributed by atoms with Crippen LogP contribution in [0.3, 0.4) is 0 Å². The molecule has 0 radical (unpaired) electrons. The first-order valence-corrected chi connectivity index (χ1v) is 8.90. The van der Waals surface area contributed by atoms with Crippen LogP contribution in [0, 0.1) is 0 Å². The number of thiophene rings is 1. The van der Waals surface area contributed by atoms with Crippen LogP contribution in [-0.2, 0) is 0 Å². The van der Waals surface area contributed by atoms with Gasteiger partial charge in [0.1, 0.15) is 5.00 Å². The van der Waals surface area contributed by atoms with Crippen molar-refractivity contribution in [3.8, 4) is 0 Å². The Bertz CT molecular complexity index is 778. The molecule has 1 nitrogen and oxygen atoms in total. The van der Waals surface area contributed by atoms with E-state index < -0.39 is 0 Å². The van der Waals surface area contributed by atoms with Crippen LogP contribution in [0.4, 0.5) is 5.00 Å². The van der Waals surface area contributed by atoms with E-state index >= 15 is 0 Å². The van der Waals surface area contributed by atoms with Gasteiger partial charge in [0.15, 0.2) is 0 Å². The predicted molar refractivity (Wildman–Crippen MR) is 97.3 cm³/mol. The van der Waals surface area contributed by atoms with E-state index in [2.05, 4.69) is 88.6 Å². The smallest absolute Gasteiger partial charge is 0.102 e. The summed E-state index contributed by atoms with van der Waals surface area (Å²) in [4.78, 5) is 1.30. The quantitative estimate of drug-likeness (QED) is 0.530. The fraction of sp³-hybridized carbons (Fsp3) is 0.0526. The molecule has 2 heterocycles. The first-order valence-electron chi connectivity index (χ1n) is 7.25. The second kappa shape index (κ2) is 6.03. The van der Waals surface area contributed by atoms with Gasteiger partial charge in [-0.25, -0.2) is 0 Å². The van der Waals surface area contributed by atoms with Crippen molar-refractivity contribution in [2.24, 2.45) is 0 Å². The minimum absolute atomic E-state index is 0.234.